The second kappa shape index (κ2) is 5.64. The standard InChI is InChI=1S/C7H8O4.Li.H/c1-4(6(8)9)3-5(2)7(10)11;;/h3H,1H2,2H3,(H,8,9)(H,10,11);;/q;+1;-1. The molecule has 0 saturated carbocycles. The molecule has 0 spiro atoms. The van der Waals surface area contributed by atoms with Gasteiger partial charge in [-0.2, -0.15) is 0 Å². The molecule has 0 aliphatic carbocycles. The van der Waals surface area contributed by atoms with Gasteiger partial charge in [0.15, 0.2) is 0 Å². The van der Waals surface area contributed by atoms with Crippen LogP contribution in [0.15, 0.2) is 23.8 Å². The van der Waals surface area contributed by atoms with Crippen molar-refractivity contribution in [2.24, 2.45) is 0 Å². The van der Waals surface area contributed by atoms with E-state index in [0.29, 0.717) is 0 Å². The molecule has 0 atom stereocenters. The van der Waals surface area contributed by atoms with Crippen LogP contribution in [-0.4, -0.2) is 22.2 Å². The van der Waals surface area contributed by atoms with Gasteiger partial charge in [0.25, 0.3) is 0 Å². The minimum Gasteiger partial charge on any atom is -1.00 e. The summed E-state index contributed by atoms with van der Waals surface area (Å²) in [4.78, 5) is 20.3. The molecule has 5 heteroatoms. The minimum atomic E-state index is -1.22. The second-order valence-electron chi connectivity index (χ2n) is 1.96. The molecule has 0 amide bonds. The van der Waals surface area contributed by atoms with Gasteiger partial charge in [0.2, 0.25) is 0 Å². The van der Waals surface area contributed by atoms with Crippen LogP contribution in [-0.2, 0) is 9.59 Å². The van der Waals surface area contributed by atoms with Gasteiger partial charge < -0.3 is 11.6 Å². The Balaban J connectivity index is -0.000000500. The monoisotopic (exact) mass is 164 g/mol. The van der Waals surface area contributed by atoms with Crippen LogP contribution in [0, 0.1) is 0 Å². The fourth-order valence-electron chi connectivity index (χ4n) is 0.385. The summed E-state index contributed by atoms with van der Waals surface area (Å²) < 4.78 is 0. The SMILES string of the molecule is C=C(C=C(C)C(=O)O)C(=O)O.[H-].[Li+]. The molecular weight excluding hydrogens is 155 g/mol. The van der Waals surface area contributed by atoms with Gasteiger partial charge in [-0.3, -0.25) is 0 Å². The van der Waals surface area contributed by atoms with Crippen LogP contribution in [0.4, 0.5) is 0 Å². The number of hydrogen-bond acceptors (Lipinski definition) is 2. The van der Waals surface area contributed by atoms with Gasteiger partial charge >= 0.3 is 30.8 Å². The van der Waals surface area contributed by atoms with Crippen molar-refractivity contribution in [3.8, 4) is 0 Å². The molecule has 0 rings (SSSR count). The molecule has 2 N–H and O–H groups in total. The molecule has 0 aromatic rings. The molecule has 0 aliphatic rings. The summed E-state index contributed by atoms with van der Waals surface area (Å²) in [6.07, 6.45) is 1.00. The van der Waals surface area contributed by atoms with Crippen molar-refractivity contribution in [3.63, 3.8) is 0 Å². The molecule has 0 bridgehead atoms. The Morgan fingerprint density at radius 3 is 2.00 bits per heavy atom. The smallest absolute Gasteiger partial charge is 1.00 e. The Bertz CT molecular complexity index is 247. The maximum Gasteiger partial charge on any atom is 1.00 e. The van der Waals surface area contributed by atoms with Crippen molar-refractivity contribution >= 4 is 11.9 Å². The number of hydrogen-bond donors (Lipinski definition) is 2. The van der Waals surface area contributed by atoms with E-state index in [4.69, 9.17) is 10.2 Å². The van der Waals surface area contributed by atoms with Gasteiger partial charge in [0.1, 0.15) is 0 Å². The van der Waals surface area contributed by atoms with Crippen molar-refractivity contribution in [3.05, 3.63) is 23.8 Å². The minimum absolute atomic E-state index is 0. The summed E-state index contributed by atoms with van der Waals surface area (Å²) in [6.45, 7) is 4.44. The van der Waals surface area contributed by atoms with Gasteiger partial charge in [0.05, 0.1) is 5.57 Å². The zero-order valence-corrected chi connectivity index (χ0v) is 7.00. The van der Waals surface area contributed by atoms with Crippen molar-refractivity contribution in [1.29, 1.82) is 0 Å². The maximum atomic E-state index is 10.2. The third-order valence-corrected chi connectivity index (χ3v) is 1.00. The van der Waals surface area contributed by atoms with Gasteiger partial charge in [-0.25, -0.2) is 9.59 Å². The Hall–Kier alpha value is -0.983. The Morgan fingerprint density at radius 2 is 1.75 bits per heavy atom. The van der Waals surface area contributed by atoms with E-state index in [1.165, 1.54) is 6.92 Å². The van der Waals surface area contributed by atoms with E-state index in [1.54, 1.807) is 0 Å². The largest absolute Gasteiger partial charge is 1.00 e. The number of carboxylic acids is 2. The fourth-order valence-corrected chi connectivity index (χ4v) is 0.385. The van der Waals surface area contributed by atoms with Gasteiger partial charge in [-0.15, -0.1) is 0 Å². The first-order valence-corrected chi connectivity index (χ1v) is 2.79. The molecule has 0 fully saturated rings. The number of carboxylic acid groups (broad SMARTS) is 2. The van der Waals surface area contributed by atoms with Crippen LogP contribution in [0.5, 0.6) is 0 Å². The molecule has 4 nitrogen and oxygen atoms in total. The van der Waals surface area contributed by atoms with E-state index in [2.05, 4.69) is 6.58 Å². The fraction of sp³-hybridized carbons (Fsp3) is 0.143. The molecule has 0 aromatic carbocycles. The first-order valence-electron chi connectivity index (χ1n) is 2.79. The van der Waals surface area contributed by atoms with E-state index in [0.717, 1.165) is 6.08 Å². The van der Waals surface area contributed by atoms with Gasteiger partial charge in [-0.1, -0.05) is 6.58 Å². The zero-order valence-electron chi connectivity index (χ0n) is 8.00. The molecule has 62 valence electrons. The summed E-state index contributed by atoms with van der Waals surface area (Å²) in [5.41, 5.74) is -0.276. The third kappa shape index (κ3) is 4.78. The average molecular weight is 164 g/mol. The quantitative estimate of drug-likeness (QED) is 0.281. The third-order valence-electron chi connectivity index (χ3n) is 1.00. The zero-order chi connectivity index (χ0) is 9.02. The summed E-state index contributed by atoms with van der Waals surface area (Å²) in [6, 6.07) is 0. The van der Waals surface area contributed by atoms with Crippen LogP contribution in [0.25, 0.3) is 0 Å². The Kier molecular flexibility index (Phi) is 6.39. The first kappa shape index (κ1) is 13.6. The van der Waals surface area contributed by atoms with Crippen LogP contribution in [0.3, 0.4) is 0 Å². The topological polar surface area (TPSA) is 74.6 Å². The van der Waals surface area contributed by atoms with E-state index in [9.17, 15) is 9.59 Å². The van der Waals surface area contributed by atoms with Crippen molar-refractivity contribution in [2.45, 2.75) is 6.92 Å². The molecular formula is C7H9LiO4. The Labute approximate surface area is 83.2 Å². The predicted octanol–water partition coefficient (Wildman–Crippen LogP) is -2.23. The van der Waals surface area contributed by atoms with E-state index >= 15 is 0 Å². The van der Waals surface area contributed by atoms with E-state index < -0.39 is 11.9 Å². The van der Waals surface area contributed by atoms with Gasteiger partial charge in [0, 0.05) is 5.57 Å². The molecule has 0 aliphatic heterocycles. The average Bonchev–Trinajstić information content (AvgIpc) is 1.87. The summed E-state index contributed by atoms with van der Waals surface area (Å²) >= 11 is 0. The maximum absolute atomic E-state index is 10.2. The molecule has 0 heterocycles. The van der Waals surface area contributed by atoms with Crippen LogP contribution >= 0.6 is 0 Å². The molecule has 12 heavy (non-hydrogen) atoms. The summed E-state index contributed by atoms with van der Waals surface area (Å²) in [5, 5.41) is 16.6. The normalized spacial score (nSPS) is 9.92. The number of rotatable bonds is 3. The molecule has 0 saturated heterocycles. The van der Waals surface area contributed by atoms with Crippen LogP contribution < -0.4 is 18.9 Å². The first-order chi connectivity index (χ1) is 4.95. The van der Waals surface area contributed by atoms with Crippen molar-refractivity contribution in [1.82, 2.24) is 0 Å². The number of aliphatic carboxylic acids is 2. The molecule has 0 unspecified atom stereocenters. The van der Waals surface area contributed by atoms with Crippen molar-refractivity contribution < 1.29 is 40.1 Å². The molecule has 0 radical (unpaired) electrons. The van der Waals surface area contributed by atoms with Crippen LogP contribution in [0.1, 0.15) is 8.35 Å². The van der Waals surface area contributed by atoms with Gasteiger partial charge in [-0.05, 0) is 13.0 Å². The summed E-state index contributed by atoms with van der Waals surface area (Å²) in [7, 11) is 0. The van der Waals surface area contributed by atoms with Crippen molar-refractivity contribution in [2.75, 3.05) is 0 Å². The second-order valence-corrected chi connectivity index (χ2v) is 1.96. The molecule has 0 aromatic heterocycles. The van der Waals surface area contributed by atoms with E-state index in [1.807, 2.05) is 0 Å². The Morgan fingerprint density at radius 1 is 1.33 bits per heavy atom. The predicted molar refractivity (Wildman–Crippen MR) is 39.3 cm³/mol. The number of carbonyl (C=O) groups is 2. The summed E-state index contributed by atoms with van der Waals surface area (Å²) in [5.74, 6) is -2.36. The van der Waals surface area contributed by atoms with E-state index in [-0.39, 0.29) is 31.4 Å². The van der Waals surface area contributed by atoms with Crippen LogP contribution in [0.2, 0.25) is 0 Å².